The summed E-state index contributed by atoms with van der Waals surface area (Å²) in [5.41, 5.74) is 2.57. The van der Waals surface area contributed by atoms with E-state index in [9.17, 15) is 0 Å². The Kier molecular flexibility index (Phi) is 10.9. The molecular weight excluding hydrogens is 487 g/mol. The van der Waals surface area contributed by atoms with Gasteiger partial charge in [-0.05, 0) is 50.1 Å². The highest BCUT2D eigenvalue weighted by Gasteiger charge is 2.15. The molecule has 6 nitrogen and oxygen atoms in total. The number of rotatable bonds is 8. The van der Waals surface area contributed by atoms with Crippen molar-refractivity contribution in [3.63, 3.8) is 0 Å². The van der Waals surface area contributed by atoms with E-state index in [1.54, 1.807) is 0 Å². The molecule has 0 aliphatic carbocycles. The molecule has 0 bridgehead atoms. The maximum absolute atomic E-state index is 4.77. The highest BCUT2D eigenvalue weighted by Crippen LogP contribution is 2.15. The molecule has 2 heterocycles. The molecule has 30 heavy (non-hydrogen) atoms. The van der Waals surface area contributed by atoms with Crippen molar-refractivity contribution in [1.82, 2.24) is 20.5 Å². The number of hydrogen-bond donors (Lipinski definition) is 2. The minimum absolute atomic E-state index is 0. The van der Waals surface area contributed by atoms with E-state index in [1.807, 2.05) is 6.20 Å². The van der Waals surface area contributed by atoms with Crippen LogP contribution in [0.2, 0.25) is 0 Å². The number of aromatic nitrogens is 1. The van der Waals surface area contributed by atoms with Gasteiger partial charge in [-0.25, -0.2) is 9.98 Å². The third-order valence-corrected chi connectivity index (χ3v) is 5.18. The number of halogens is 1. The smallest absolute Gasteiger partial charge is 0.191 e. The third kappa shape index (κ3) is 8.10. The van der Waals surface area contributed by atoms with Crippen LogP contribution in [-0.4, -0.2) is 62.2 Å². The van der Waals surface area contributed by atoms with Gasteiger partial charge in [-0.15, -0.1) is 24.0 Å². The maximum atomic E-state index is 4.77. The fraction of sp³-hybridized carbons (Fsp3) is 0.478. The van der Waals surface area contributed by atoms with Crippen LogP contribution in [0.4, 0.5) is 5.82 Å². The van der Waals surface area contributed by atoms with Crippen molar-refractivity contribution < 1.29 is 0 Å². The molecule has 7 heteroatoms. The molecule has 2 aromatic rings. The average molecular weight is 522 g/mol. The minimum Gasteiger partial charge on any atom is -0.357 e. The Balaban J connectivity index is 0.00000320. The normalized spacial score (nSPS) is 14.9. The summed E-state index contributed by atoms with van der Waals surface area (Å²) in [6.07, 6.45) is 4.06. The third-order valence-electron chi connectivity index (χ3n) is 5.18. The summed E-state index contributed by atoms with van der Waals surface area (Å²) < 4.78 is 0. The Labute approximate surface area is 198 Å². The number of likely N-dealkylation sites (N-methyl/N-ethyl adjacent to an activating group) is 1. The Hall–Kier alpha value is -1.87. The van der Waals surface area contributed by atoms with Crippen molar-refractivity contribution in [2.45, 2.75) is 26.3 Å². The van der Waals surface area contributed by atoms with E-state index in [4.69, 9.17) is 4.99 Å². The van der Waals surface area contributed by atoms with Crippen LogP contribution in [0.3, 0.4) is 0 Å². The summed E-state index contributed by atoms with van der Waals surface area (Å²) in [6.45, 7) is 8.74. The maximum Gasteiger partial charge on any atom is 0.191 e. The van der Waals surface area contributed by atoms with Crippen molar-refractivity contribution in [1.29, 1.82) is 0 Å². The van der Waals surface area contributed by atoms with Crippen LogP contribution < -0.4 is 15.5 Å². The van der Waals surface area contributed by atoms with Gasteiger partial charge in [-0.3, -0.25) is 0 Å². The van der Waals surface area contributed by atoms with E-state index in [0.29, 0.717) is 6.54 Å². The molecule has 1 aromatic heterocycles. The molecule has 0 saturated carbocycles. The molecular formula is C23H35IN6. The van der Waals surface area contributed by atoms with Crippen LogP contribution >= 0.6 is 24.0 Å². The number of nitrogens with zero attached hydrogens (tertiary/aromatic N) is 4. The Bertz CT molecular complexity index is 759. The fourth-order valence-electron chi connectivity index (χ4n) is 3.42. The second-order valence-electron chi connectivity index (χ2n) is 7.52. The van der Waals surface area contributed by atoms with Gasteiger partial charge in [-0.1, -0.05) is 30.3 Å². The van der Waals surface area contributed by atoms with Gasteiger partial charge < -0.3 is 20.4 Å². The minimum atomic E-state index is 0. The zero-order valence-corrected chi connectivity index (χ0v) is 20.5. The van der Waals surface area contributed by atoms with Gasteiger partial charge in [0.15, 0.2) is 5.96 Å². The first-order valence-corrected chi connectivity index (χ1v) is 10.7. The van der Waals surface area contributed by atoms with Crippen molar-refractivity contribution in [2.75, 3.05) is 51.2 Å². The summed E-state index contributed by atoms with van der Waals surface area (Å²) in [6, 6.07) is 14.8. The van der Waals surface area contributed by atoms with Crippen LogP contribution in [0, 0.1) is 0 Å². The lowest BCUT2D eigenvalue weighted by Gasteiger charge is -2.33. The van der Waals surface area contributed by atoms with E-state index in [2.05, 4.69) is 81.9 Å². The van der Waals surface area contributed by atoms with Gasteiger partial charge in [0.25, 0.3) is 0 Å². The lowest BCUT2D eigenvalue weighted by molar-refractivity contribution is 0.312. The quantitative estimate of drug-likeness (QED) is 0.242. The molecule has 1 aliphatic rings. The van der Waals surface area contributed by atoms with Gasteiger partial charge in [0, 0.05) is 45.5 Å². The molecule has 1 aliphatic heterocycles. The summed E-state index contributed by atoms with van der Waals surface area (Å²) in [5, 5.41) is 6.79. The van der Waals surface area contributed by atoms with Crippen LogP contribution in [0.15, 0.2) is 53.7 Å². The number of benzene rings is 1. The first-order valence-electron chi connectivity index (χ1n) is 10.7. The van der Waals surface area contributed by atoms with E-state index in [1.165, 1.54) is 11.1 Å². The highest BCUT2D eigenvalue weighted by atomic mass is 127. The van der Waals surface area contributed by atoms with Gasteiger partial charge >= 0.3 is 0 Å². The van der Waals surface area contributed by atoms with Gasteiger partial charge in [0.2, 0.25) is 0 Å². The number of aryl methyl sites for hydroxylation is 1. The van der Waals surface area contributed by atoms with Gasteiger partial charge in [0.05, 0.1) is 6.54 Å². The molecule has 1 fully saturated rings. The van der Waals surface area contributed by atoms with Gasteiger partial charge in [0.1, 0.15) is 5.82 Å². The molecule has 0 atom stereocenters. The first-order chi connectivity index (χ1) is 14.2. The van der Waals surface area contributed by atoms with Crippen molar-refractivity contribution in [3.8, 4) is 0 Å². The molecule has 3 rings (SSSR count). The van der Waals surface area contributed by atoms with E-state index in [-0.39, 0.29) is 24.0 Å². The molecule has 1 aromatic carbocycles. The predicted molar refractivity (Wildman–Crippen MR) is 137 cm³/mol. The summed E-state index contributed by atoms with van der Waals surface area (Å²) in [5.74, 6) is 1.94. The first kappa shape index (κ1) is 24.4. The molecule has 2 N–H and O–H groups in total. The van der Waals surface area contributed by atoms with E-state index >= 15 is 0 Å². The molecule has 0 amide bonds. The number of anilines is 1. The Morgan fingerprint density at radius 1 is 1.03 bits per heavy atom. The van der Waals surface area contributed by atoms with Crippen LogP contribution in [-0.2, 0) is 13.0 Å². The monoisotopic (exact) mass is 522 g/mol. The zero-order chi connectivity index (χ0) is 20.3. The molecule has 0 radical (unpaired) electrons. The number of pyridine rings is 1. The van der Waals surface area contributed by atoms with E-state index < -0.39 is 0 Å². The largest absolute Gasteiger partial charge is 0.357 e. The fourth-order valence-corrected chi connectivity index (χ4v) is 3.42. The molecule has 164 valence electrons. The molecule has 1 saturated heterocycles. The topological polar surface area (TPSA) is 55.8 Å². The number of guanidine groups is 1. The lowest BCUT2D eigenvalue weighted by atomic mass is 10.1. The highest BCUT2D eigenvalue weighted by molar-refractivity contribution is 14.0. The molecule has 0 spiro atoms. The Morgan fingerprint density at radius 3 is 2.53 bits per heavy atom. The van der Waals surface area contributed by atoms with Crippen molar-refractivity contribution >= 4 is 35.8 Å². The number of nitrogens with one attached hydrogen (secondary N) is 2. The SMILES string of the molecule is CCNC(=NCc1ccnc(N2CCN(C)CC2)c1)NCCCc1ccccc1.I. The number of piperazine rings is 1. The van der Waals surface area contributed by atoms with Crippen molar-refractivity contribution in [3.05, 3.63) is 59.8 Å². The second-order valence-corrected chi connectivity index (χ2v) is 7.52. The molecule has 0 unspecified atom stereocenters. The second kappa shape index (κ2) is 13.4. The standard InChI is InChI=1S/C23H34N6.HI/c1-3-24-23(26-12-7-10-20-8-5-4-6-9-20)27-19-21-11-13-25-22(18-21)29-16-14-28(2)15-17-29;/h4-6,8-9,11,13,18H,3,7,10,12,14-17,19H2,1-2H3,(H2,24,26,27);1H. The van der Waals surface area contributed by atoms with Crippen LogP contribution in [0.25, 0.3) is 0 Å². The number of aliphatic imine (C=N–C) groups is 1. The van der Waals surface area contributed by atoms with Crippen molar-refractivity contribution in [2.24, 2.45) is 4.99 Å². The Morgan fingerprint density at radius 2 is 1.80 bits per heavy atom. The zero-order valence-electron chi connectivity index (χ0n) is 18.2. The summed E-state index contributed by atoms with van der Waals surface area (Å²) in [7, 11) is 2.17. The summed E-state index contributed by atoms with van der Waals surface area (Å²) in [4.78, 5) is 14.1. The lowest BCUT2D eigenvalue weighted by Crippen LogP contribution is -2.44. The summed E-state index contributed by atoms with van der Waals surface area (Å²) >= 11 is 0. The number of hydrogen-bond acceptors (Lipinski definition) is 4. The van der Waals surface area contributed by atoms with Crippen LogP contribution in [0.1, 0.15) is 24.5 Å². The predicted octanol–water partition coefficient (Wildman–Crippen LogP) is 3.14. The van der Waals surface area contributed by atoms with Gasteiger partial charge in [-0.2, -0.15) is 0 Å². The average Bonchev–Trinajstić information content (AvgIpc) is 2.76. The van der Waals surface area contributed by atoms with E-state index in [0.717, 1.165) is 63.9 Å². The van der Waals surface area contributed by atoms with Crippen LogP contribution in [0.5, 0.6) is 0 Å².